The van der Waals surface area contributed by atoms with Gasteiger partial charge in [-0.3, -0.25) is 4.79 Å². The monoisotopic (exact) mass is 379 g/mol. The van der Waals surface area contributed by atoms with Crippen LogP contribution >= 0.6 is 0 Å². The number of anilines is 1. The summed E-state index contributed by atoms with van der Waals surface area (Å²) in [5.74, 6) is -0.0150. The Morgan fingerprint density at radius 2 is 1.70 bits per heavy atom. The van der Waals surface area contributed by atoms with Crippen molar-refractivity contribution in [1.82, 2.24) is 5.32 Å². The molecule has 6 nitrogen and oxygen atoms in total. The van der Waals surface area contributed by atoms with Crippen molar-refractivity contribution in [2.75, 3.05) is 18.4 Å². The fraction of sp³-hybridized carbons (Fsp3) is 0.667. The number of carbonyl (C=O) groups excluding carboxylic acids is 1. The van der Waals surface area contributed by atoms with Crippen molar-refractivity contribution in [3.8, 4) is 5.75 Å². The van der Waals surface area contributed by atoms with Gasteiger partial charge in [-0.2, -0.15) is 0 Å². The van der Waals surface area contributed by atoms with Crippen LogP contribution in [0, 0.1) is 0 Å². The lowest BCUT2D eigenvalue weighted by Crippen LogP contribution is -2.30. The Labute approximate surface area is 163 Å². The predicted molar refractivity (Wildman–Crippen MR) is 111 cm³/mol. The van der Waals surface area contributed by atoms with Crippen molar-refractivity contribution < 1.29 is 15.0 Å². The highest BCUT2D eigenvalue weighted by Gasteiger charge is 2.12. The second kappa shape index (κ2) is 14.4. The third kappa shape index (κ3) is 10.3. The number of benzene rings is 1. The molecule has 6 N–H and O–H groups in total. The van der Waals surface area contributed by atoms with Crippen molar-refractivity contribution in [2.45, 2.75) is 76.9 Å². The number of amides is 1. The number of nitrogens with two attached hydrogens (primary N) is 1. The summed E-state index contributed by atoms with van der Waals surface area (Å²) < 4.78 is 0. The van der Waals surface area contributed by atoms with E-state index in [9.17, 15) is 15.0 Å². The van der Waals surface area contributed by atoms with E-state index >= 15 is 0 Å². The zero-order valence-electron chi connectivity index (χ0n) is 16.6. The molecule has 2 unspecified atom stereocenters. The van der Waals surface area contributed by atoms with E-state index in [2.05, 4.69) is 17.6 Å². The summed E-state index contributed by atoms with van der Waals surface area (Å²) >= 11 is 0. The zero-order valence-corrected chi connectivity index (χ0v) is 16.6. The van der Waals surface area contributed by atoms with Gasteiger partial charge in [0.15, 0.2) is 0 Å². The molecular formula is C21H37N3O3. The quantitative estimate of drug-likeness (QED) is 0.172. The Hall–Kier alpha value is -1.63. The minimum absolute atomic E-state index is 0.0150. The van der Waals surface area contributed by atoms with Crippen LogP contribution in [0.1, 0.15) is 76.4 Å². The molecule has 0 fully saturated rings. The van der Waals surface area contributed by atoms with Crippen LogP contribution in [0.4, 0.5) is 5.69 Å². The number of nitrogens with one attached hydrogen (secondary N) is 2. The van der Waals surface area contributed by atoms with Gasteiger partial charge >= 0.3 is 0 Å². The van der Waals surface area contributed by atoms with Gasteiger partial charge in [0.05, 0.1) is 11.8 Å². The molecule has 0 radical (unpaired) electrons. The summed E-state index contributed by atoms with van der Waals surface area (Å²) in [5.41, 5.74) is 6.45. The number of aliphatic hydroxyl groups excluding tert-OH is 1. The fourth-order valence-corrected chi connectivity index (χ4v) is 3.13. The molecule has 1 rings (SSSR count). The third-order valence-electron chi connectivity index (χ3n) is 4.87. The summed E-state index contributed by atoms with van der Waals surface area (Å²) in [6.07, 6.45) is 11.0. The molecule has 0 saturated heterocycles. The molecule has 1 amide bonds. The highest BCUT2D eigenvalue weighted by Crippen LogP contribution is 2.26. The molecule has 154 valence electrons. The van der Waals surface area contributed by atoms with Crippen molar-refractivity contribution in [2.24, 2.45) is 5.73 Å². The number of phenolic OH excluding ortho intramolecular Hbond substituents is 1. The number of rotatable bonds is 16. The topological polar surface area (TPSA) is 108 Å². The lowest BCUT2D eigenvalue weighted by atomic mass is 10.0. The van der Waals surface area contributed by atoms with E-state index in [1.165, 1.54) is 51.0 Å². The first-order valence-electron chi connectivity index (χ1n) is 10.2. The number of aromatic hydroxyl groups is 1. The van der Waals surface area contributed by atoms with E-state index in [1.54, 1.807) is 12.1 Å². The first-order chi connectivity index (χ1) is 13.1. The number of phenols is 1. The number of unbranched alkanes of at least 4 members (excludes halogenated alkanes) is 7. The minimum atomic E-state index is -0.686. The lowest BCUT2D eigenvalue weighted by Gasteiger charge is -2.18. The Morgan fingerprint density at radius 3 is 2.33 bits per heavy atom. The van der Waals surface area contributed by atoms with E-state index in [0.29, 0.717) is 30.2 Å². The van der Waals surface area contributed by atoms with Gasteiger partial charge in [0.1, 0.15) is 5.75 Å². The van der Waals surface area contributed by atoms with Crippen molar-refractivity contribution in [3.63, 3.8) is 0 Å². The standard InChI is InChI=1S/C21H37N3O3/c1-17(10-8-6-4-2-3-5-7-9-13-22)23-15-21(27)18-11-12-20(26)19(14-18)24-16-25/h11-12,14,16-17,21,23,26-27H,2-10,13,15,22H2,1H3,(H,24,25). The van der Waals surface area contributed by atoms with Crippen LogP contribution in [-0.4, -0.2) is 35.8 Å². The van der Waals surface area contributed by atoms with Gasteiger partial charge in [0.2, 0.25) is 6.41 Å². The number of hydrogen-bond acceptors (Lipinski definition) is 5. The maximum Gasteiger partial charge on any atom is 0.211 e. The van der Waals surface area contributed by atoms with Crippen LogP contribution in [0.15, 0.2) is 18.2 Å². The fourth-order valence-electron chi connectivity index (χ4n) is 3.13. The van der Waals surface area contributed by atoms with E-state index < -0.39 is 6.10 Å². The SMILES string of the molecule is CC(CCCCCCCCCCN)NCC(O)c1ccc(O)c(NC=O)c1. The largest absolute Gasteiger partial charge is 0.506 e. The van der Waals surface area contributed by atoms with Crippen molar-refractivity contribution in [3.05, 3.63) is 23.8 Å². The van der Waals surface area contributed by atoms with Crippen molar-refractivity contribution >= 4 is 12.1 Å². The smallest absolute Gasteiger partial charge is 0.211 e. The number of aliphatic hydroxyl groups is 1. The summed E-state index contributed by atoms with van der Waals surface area (Å²) in [6, 6.07) is 5.07. The molecule has 2 atom stereocenters. The van der Waals surface area contributed by atoms with Gasteiger partial charge in [-0.15, -0.1) is 0 Å². The second-order valence-corrected chi connectivity index (χ2v) is 7.27. The average molecular weight is 380 g/mol. The molecule has 0 aliphatic rings. The number of carbonyl (C=O) groups is 1. The van der Waals surface area contributed by atoms with Crippen LogP contribution in [0.3, 0.4) is 0 Å². The van der Waals surface area contributed by atoms with Gasteiger partial charge in [-0.1, -0.05) is 51.0 Å². The maximum absolute atomic E-state index is 10.5. The Kier molecular flexibility index (Phi) is 12.5. The maximum atomic E-state index is 10.5. The van der Waals surface area contributed by atoms with E-state index in [-0.39, 0.29) is 5.75 Å². The van der Waals surface area contributed by atoms with Gasteiger partial charge in [-0.05, 0) is 44.0 Å². The molecule has 0 spiro atoms. The Morgan fingerprint density at radius 1 is 1.07 bits per heavy atom. The molecule has 0 heterocycles. The van der Waals surface area contributed by atoms with Gasteiger partial charge in [0, 0.05) is 12.6 Å². The average Bonchev–Trinajstić information content (AvgIpc) is 2.66. The van der Waals surface area contributed by atoms with Crippen molar-refractivity contribution in [1.29, 1.82) is 0 Å². The summed E-state index contributed by atoms with van der Waals surface area (Å²) in [6.45, 7) is 3.38. The molecule has 27 heavy (non-hydrogen) atoms. The van der Waals surface area contributed by atoms with Gasteiger partial charge in [0.25, 0.3) is 0 Å². The molecule has 0 aromatic heterocycles. The third-order valence-corrected chi connectivity index (χ3v) is 4.87. The molecule has 1 aromatic carbocycles. The first-order valence-corrected chi connectivity index (χ1v) is 10.2. The summed E-state index contributed by atoms with van der Waals surface area (Å²) in [4.78, 5) is 10.5. The van der Waals surface area contributed by atoms with Crippen LogP contribution in [0.2, 0.25) is 0 Å². The normalized spacial score (nSPS) is 13.3. The predicted octanol–water partition coefficient (Wildman–Crippen LogP) is 3.44. The zero-order chi connectivity index (χ0) is 19.9. The molecule has 1 aromatic rings. The summed E-state index contributed by atoms with van der Waals surface area (Å²) in [5, 5.41) is 25.8. The second-order valence-electron chi connectivity index (χ2n) is 7.27. The lowest BCUT2D eigenvalue weighted by molar-refractivity contribution is -0.105. The van der Waals surface area contributed by atoms with Crippen LogP contribution in [-0.2, 0) is 4.79 Å². The Balaban J connectivity index is 2.16. The van der Waals surface area contributed by atoms with Gasteiger partial charge < -0.3 is 26.6 Å². The molecule has 6 heteroatoms. The highest BCUT2D eigenvalue weighted by molar-refractivity contribution is 5.75. The summed E-state index contributed by atoms with van der Waals surface area (Å²) in [7, 11) is 0. The molecular weight excluding hydrogens is 342 g/mol. The molecule has 0 saturated carbocycles. The first kappa shape index (κ1) is 23.4. The molecule has 0 bridgehead atoms. The van der Waals surface area contributed by atoms with E-state index in [0.717, 1.165) is 19.4 Å². The Bertz CT molecular complexity index is 525. The molecule has 0 aliphatic carbocycles. The van der Waals surface area contributed by atoms with Gasteiger partial charge in [-0.25, -0.2) is 0 Å². The minimum Gasteiger partial charge on any atom is -0.506 e. The van der Waals surface area contributed by atoms with Crippen LogP contribution in [0.25, 0.3) is 0 Å². The number of hydrogen-bond donors (Lipinski definition) is 5. The van der Waals surface area contributed by atoms with E-state index in [4.69, 9.17) is 5.73 Å². The van der Waals surface area contributed by atoms with Crippen LogP contribution in [0.5, 0.6) is 5.75 Å². The van der Waals surface area contributed by atoms with E-state index in [1.807, 2.05) is 0 Å². The van der Waals surface area contributed by atoms with Crippen LogP contribution < -0.4 is 16.4 Å². The highest BCUT2D eigenvalue weighted by atomic mass is 16.3. The molecule has 0 aliphatic heterocycles.